The Morgan fingerprint density at radius 2 is 1.96 bits per heavy atom. The number of benzene rings is 1. The maximum absolute atomic E-state index is 12.1. The van der Waals surface area contributed by atoms with Crippen LogP contribution in [0.1, 0.15) is 38.7 Å². The van der Waals surface area contributed by atoms with Crippen LogP contribution in [0.4, 0.5) is 5.69 Å². The van der Waals surface area contributed by atoms with Crippen LogP contribution in [0.5, 0.6) is 0 Å². The molecule has 2 heterocycles. The highest BCUT2D eigenvalue weighted by atomic mass is 127. The van der Waals surface area contributed by atoms with Crippen LogP contribution in [-0.2, 0) is 11.3 Å². The summed E-state index contributed by atoms with van der Waals surface area (Å²) in [6.07, 6.45) is 2.78. The third kappa shape index (κ3) is 6.01. The zero-order valence-corrected chi connectivity index (χ0v) is 19.7. The second kappa shape index (κ2) is 10.0. The number of aliphatic imine (C=N–C) groups is 1. The average molecular weight is 502 g/mol. The van der Waals surface area contributed by atoms with Crippen molar-refractivity contribution in [3.8, 4) is 0 Å². The SMILES string of the molecule is CN=C(NCc1ccc(N2CCCCC2=O)cc1)N1CCSC(C)(C)C1.I. The zero-order chi connectivity index (χ0) is 18.6. The van der Waals surface area contributed by atoms with Gasteiger partial charge in [0.1, 0.15) is 0 Å². The third-order valence-corrected chi connectivity index (χ3v) is 6.26. The van der Waals surface area contributed by atoms with Crippen molar-refractivity contribution in [2.45, 2.75) is 44.4 Å². The van der Waals surface area contributed by atoms with Crippen molar-refractivity contribution >= 4 is 53.3 Å². The number of halogens is 1. The summed E-state index contributed by atoms with van der Waals surface area (Å²) in [4.78, 5) is 20.8. The lowest BCUT2D eigenvalue weighted by Crippen LogP contribution is -2.50. The number of carbonyl (C=O) groups is 1. The van der Waals surface area contributed by atoms with Gasteiger partial charge in [0.25, 0.3) is 0 Å². The van der Waals surface area contributed by atoms with Crippen LogP contribution < -0.4 is 10.2 Å². The highest BCUT2D eigenvalue weighted by molar-refractivity contribution is 14.0. The lowest BCUT2D eigenvalue weighted by Gasteiger charge is -2.39. The van der Waals surface area contributed by atoms with Crippen LogP contribution in [-0.4, -0.2) is 53.9 Å². The molecule has 0 bridgehead atoms. The highest BCUT2D eigenvalue weighted by Gasteiger charge is 2.28. The maximum atomic E-state index is 12.1. The number of hydrogen-bond donors (Lipinski definition) is 1. The largest absolute Gasteiger partial charge is 0.352 e. The first kappa shape index (κ1) is 22.3. The molecule has 1 aromatic carbocycles. The van der Waals surface area contributed by atoms with Gasteiger partial charge in [-0.1, -0.05) is 12.1 Å². The smallest absolute Gasteiger partial charge is 0.226 e. The molecule has 5 nitrogen and oxygen atoms in total. The van der Waals surface area contributed by atoms with Crippen molar-refractivity contribution in [3.63, 3.8) is 0 Å². The van der Waals surface area contributed by atoms with E-state index in [0.29, 0.717) is 6.42 Å². The van der Waals surface area contributed by atoms with E-state index in [2.05, 4.69) is 53.3 Å². The number of nitrogens with zero attached hydrogens (tertiary/aromatic N) is 3. The Bertz CT molecular complexity index is 662. The van der Waals surface area contributed by atoms with Gasteiger partial charge in [0, 0.05) is 55.8 Å². The summed E-state index contributed by atoms with van der Waals surface area (Å²) in [6, 6.07) is 8.33. The summed E-state index contributed by atoms with van der Waals surface area (Å²) in [5.74, 6) is 2.34. The highest BCUT2D eigenvalue weighted by Crippen LogP contribution is 2.29. The number of guanidine groups is 1. The lowest BCUT2D eigenvalue weighted by atomic mass is 10.1. The van der Waals surface area contributed by atoms with Gasteiger partial charge in [-0.25, -0.2) is 0 Å². The van der Waals surface area contributed by atoms with Gasteiger partial charge in [-0.3, -0.25) is 9.79 Å². The van der Waals surface area contributed by atoms with E-state index >= 15 is 0 Å². The minimum atomic E-state index is 0. The first-order valence-corrected chi connectivity index (χ1v) is 10.5. The zero-order valence-electron chi connectivity index (χ0n) is 16.5. The van der Waals surface area contributed by atoms with Gasteiger partial charge in [-0.05, 0) is 44.4 Å². The Morgan fingerprint density at radius 1 is 1.22 bits per heavy atom. The summed E-state index contributed by atoms with van der Waals surface area (Å²) in [5.41, 5.74) is 2.21. The molecule has 2 aliphatic heterocycles. The van der Waals surface area contributed by atoms with Crippen LogP contribution in [0.25, 0.3) is 0 Å². The third-order valence-electron chi connectivity index (χ3n) is 4.96. The predicted octanol–water partition coefficient (Wildman–Crippen LogP) is 3.72. The fourth-order valence-corrected chi connectivity index (χ4v) is 4.69. The van der Waals surface area contributed by atoms with Gasteiger partial charge < -0.3 is 15.1 Å². The van der Waals surface area contributed by atoms with Crippen molar-refractivity contribution in [2.24, 2.45) is 4.99 Å². The molecule has 0 saturated carbocycles. The number of anilines is 1. The summed E-state index contributed by atoms with van der Waals surface area (Å²) in [7, 11) is 1.85. The molecular weight excluding hydrogens is 471 g/mol. The van der Waals surface area contributed by atoms with Crippen molar-refractivity contribution < 1.29 is 4.79 Å². The van der Waals surface area contributed by atoms with Gasteiger partial charge >= 0.3 is 0 Å². The number of piperidine rings is 1. The Labute approximate surface area is 184 Å². The molecule has 1 amide bonds. The molecule has 0 aromatic heterocycles. The van der Waals surface area contributed by atoms with Gasteiger partial charge in [0.2, 0.25) is 5.91 Å². The molecule has 2 fully saturated rings. The van der Waals surface area contributed by atoms with Crippen LogP contribution in [0.3, 0.4) is 0 Å². The summed E-state index contributed by atoms with van der Waals surface area (Å²) in [5, 5.41) is 3.49. The number of nitrogens with one attached hydrogen (secondary N) is 1. The van der Waals surface area contributed by atoms with Gasteiger partial charge in [-0.15, -0.1) is 24.0 Å². The van der Waals surface area contributed by atoms with E-state index in [-0.39, 0.29) is 34.6 Å². The number of thioether (sulfide) groups is 1. The minimum Gasteiger partial charge on any atom is -0.352 e. The predicted molar refractivity (Wildman–Crippen MR) is 126 cm³/mol. The molecule has 0 radical (unpaired) electrons. The van der Waals surface area contributed by atoms with Crippen LogP contribution in [0.15, 0.2) is 29.3 Å². The molecule has 2 saturated heterocycles. The lowest BCUT2D eigenvalue weighted by molar-refractivity contribution is -0.119. The Kier molecular flexibility index (Phi) is 8.27. The molecule has 150 valence electrons. The monoisotopic (exact) mass is 502 g/mol. The maximum Gasteiger partial charge on any atom is 0.226 e. The molecule has 1 N–H and O–H groups in total. The normalized spacial score (nSPS) is 20.3. The Morgan fingerprint density at radius 3 is 2.59 bits per heavy atom. The first-order valence-electron chi connectivity index (χ1n) is 9.47. The average Bonchev–Trinajstić information content (AvgIpc) is 2.62. The van der Waals surface area contributed by atoms with Gasteiger partial charge in [0.15, 0.2) is 5.96 Å². The van der Waals surface area contributed by atoms with Crippen molar-refractivity contribution in [1.82, 2.24) is 10.2 Å². The Hall–Kier alpha value is -0.960. The van der Waals surface area contributed by atoms with E-state index in [9.17, 15) is 4.79 Å². The minimum absolute atomic E-state index is 0. The number of hydrogen-bond acceptors (Lipinski definition) is 3. The number of rotatable bonds is 3. The molecule has 27 heavy (non-hydrogen) atoms. The molecule has 3 rings (SSSR count). The second-order valence-electron chi connectivity index (χ2n) is 7.60. The fourth-order valence-electron chi connectivity index (χ4n) is 3.58. The molecule has 0 aliphatic carbocycles. The van der Waals surface area contributed by atoms with Crippen LogP contribution in [0.2, 0.25) is 0 Å². The molecular formula is C20H31IN4OS. The van der Waals surface area contributed by atoms with Crippen molar-refractivity contribution in [1.29, 1.82) is 0 Å². The molecule has 0 spiro atoms. The standard InChI is InChI=1S/C20H30N4OS.HI/c1-20(2)15-23(12-13-26-20)19(21-3)22-14-16-7-9-17(10-8-16)24-11-5-4-6-18(24)25;/h7-10H,4-6,11-15H2,1-3H3,(H,21,22);1H. The quantitative estimate of drug-likeness (QED) is 0.389. The van der Waals surface area contributed by atoms with Crippen LogP contribution >= 0.6 is 35.7 Å². The second-order valence-corrected chi connectivity index (χ2v) is 9.40. The summed E-state index contributed by atoms with van der Waals surface area (Å²) >= 11 is 2.03. The van der Waals surface area contributed by atoms with E-state index in [1.54, 1.807) is 0 Å². The molecule has 2 aliphatic rings. The molecule has 7 heteroatoms. The molecule has 0 atom stereocenters. The van der Waals surface area contributed by atoms with E-state index in [4.69, 9.17) is 0 Å². The van der Waals surface area contributed by atoms with Crippen molar-refractivity contribution in [3.05, 3.63) is 29.8 Å². The van der Waals surface area contributed by atoms with Crippen LogP contribution in [0, 0.1) is 0 Å². The van der Waals surface area contributed by atoms with Gasteiger partial charge in [-0.2, -0.15) is 11.8 Å². The van der Waals surface area contributed by atoms with E-state index in [0.717, 1.165) is 56.4 Å². The van der Waals surface area contributed by atoms with E-state index < -0.39 is 0 Å². The number of carbonyl (C=O) groups excluding carboxylic acids is 1. The Balaban J connectivity index is 0.00000261. The fraction of sp³-hybridized carbons (Fsp3) is 0.600. The summed E-state index contributed by atoms with van der Waals surface area (Å²) < 4.78 is 0.262. The first-order chi connectivity index (χ1) is 12.5. The summed E-state index contributed by atoms with van der Waals surface area (Å²) in [6.45, 7) is 8.20. The topological polar surface area (TPSA) is 47.9 Å². The van der Waals surface area contributed by atoms with Crippen molar-refractivity contribution in [2.75, 3.05) is 37.3 Å². The number of amides is 1. The van der Waals surface area contributed by atoms with Gasteiger partial charge in [0.05, 0.1) is 0 Å². The molecule has 0 unspecified atom stereocenters. The van der Waals surface area contributed by atoms with E-state index in [1.165, 1.54) is 5.56 Å². The molecule has 1 aromatic rings. The van der Waals surface area contributed by atoms with E-state index in [1.807, 2.05) is 23.7 Å².